The van der Waals surface area contributed by atoms with Crippen LogP contribution in [0.5, 0.6) is 5.75 Å². The first-order chi connectivity index (χ1) is 14.5. The lowest BCUT2D eigenvalue weighted by Crippen LogP contribution is -2.43. The van der Waals surface area contributed by atoms with Gasteiger partial charge in [0.15, 0.2) is 0 Å². The zero-order valence-electron chi connectivity index (χ0n) is 18.1. The minimum absolute atomic E-state index is 0.0144. The number of benzene rings is 2. The van der Waals surface area contributed by atoms with E-state index >= 15 is 0 Å². The summed E-state index contributed by atoms with van der Waals surface area (Å²) in [7, 11) is 5.69. The van der Waals surface area contributed by atoms with Gasteiger partial charge in [-0.05, 0) is 42.9 Å². The number of amides is 1. The van der Waals surface area contributed by atoms with Gasteiger partial charge in [-0.3, -0.25) is 9.69 Å². The van der Waals surface area contributed by atoms with Gasteiger partial charge in [-0.1, -0.05) is 36.4 Å². The van der Waals surface area contributed by atoms with Crippen molar-refractivity contribution in [3.63, 3.8) is 0 Å². The lowest BCUT2D eigenvalue weighted by molar-refractivity contribution is -0.130. The topological polar surface area (TPSA) is 54.0 Å². The van der Waals surface area contributed by atoms with E-state index in [9.17, 15) is 4.79 Å². The molecule has 6 heteroatoms. The van der Waals surface area contributed by atoms with E-state index in [1.165, 1.54) is 16.7 Å². The standard InChI is InChI=1S/C24H31N3O3/c1-26(2)12-11-25-23(28)22-14-24(17-30-22)21-10-5-4-8-19(21)16-27(24)15-18-7-6-9-20(13-18)29-3/h4-10,13,22H,11-12,14-17H2,1-3H3,(H,25,28)/t22-,24-/m0/s1. The predicted molar refractivity (Wildman–Crippen MR) is 116 cm³/mol. The van der Waals surface area contributed by atoms with E-state index in [0.29, 0.717) is 19.6 Å². The molecule has 4 rings (SSSR count). The van der Waals surface area contributed by atoms with Crippen molar-refractivity contribution in [2.75, 3.05) is 40.9 Å². The van der Waals surface area contributed by atoms with Gasteiger partial charge in [0.25, 0.3) is 0 Å². The molecule has 0 saturated carbocycles. The Labute approximate surface area is 178 Å². The molecule has 160 valence electrons. The monoisotopic (exact) mass is 409 g/mol. The third-order valence-corrected chi connectivity index (χ3v) is 6.19. The summed E-state index contributed by atoms with van der Waals surface area (Å²) >= 11 is 0. The summed E-state index contributed by atoms with van der Waals surface area (Å²) < 4.78 is 11.5. The van der Waals surface area contributed by atoms with Gasteiger partial charge in [0.1, 0.15) is 11.9 Å². The SMILES string of the molecule is COc1cccc(CN2Cc3ccccc3[C@]23CO[C@H](C(=O)NCCN(C)C)C3)c1. The molecule has 1 saturated heterocycles. The molecule has 2 aliphatic heterocycles. The Morgan fingerprint density at radius 3 is 2.90 bits per heavy atom. The van der Waals surface area contributed by atoms with Crippen molar-refractivity contribution in [3.8, 4) is 5.75 Å². The van der Waals surface area contributed by atoms with Crippen molar-refractivity contribution in [1.82, 2.24) is 15.1 Å². The normalized spacial score (nSPS) is 23.1. The molecule has 0 radical (unpaired) electrons. The fourth-order valence-electron chi connectivity index (χ4n) is 4.59. The Morgan fingerprint density at radius 1 is 1.27 bits per heavy atom. The van der Waals surface area contributed by atoms with Crippen LogP contribution in [0.15, 0.2) is 48.5 Å². The summed E-state index contributed by atoms with van der Waals surface area (Å²) in [6.45, 7) is 3.60. The van der Waals surface area contributed by atoms with E-state index in [1.54, 1.807) is 7.11 Å². The number of nitrogens with zero attached hydrogens (tertiary/aromatic N) is 2. The Morgan fingerprint density at radius 2 is 2.10 bits per heavy atom. The van der Waals surface area contributed by atoms with E-state index in [4.69, 9.17) is 9.47 Å². The quantitative estimate of drug-likeness (QED) is 0.761. The lowest BCUT2D eigenvalue weighted by atomic mass is 9.86. The van der Waals surface area contributed by atoms with Crippen LogP contribution in [0.1, 0.15) is 23.1 Å². The van der Waals surface area contributed by atoms with E-state index in [1.807, 2.05) is 26.2 Å². The van der Waals surface area contributed by atoms with Gasteiger partial charge in [0.05, 0.1) is 19.3 Å². The molecule has 1 N–H and O–H groups in total. The van der Waals surface area contributed by atoms with Gasteiger partial charge in [-0.15, -0.1) is 0 Å². The highest BCUT2D eigenvalue weighted by molar-refractivity contribution is 5.81. The van der Waals surface area contributed by atoms with Gasteiger partial charge >= 0.3 is 0 Å². The Balaban J connectivity index is 1.54. The number of rotatable bonds is 7. The number of carbonyl (C=O) groups excluding carboxylic acids is 1. The molecular formula is C24H31N3O3. The van der Waals surface area contributed by atoms with E-state index < -0.39 is 6.10 Å². The number of methoxy groups -OCH3 is 1. The average molecular weight is 410 g/mol. The molecule has 0 bridgehead atoms. The van der Waals surface area contributed by atoms with Gasteiger partial charge in [-0.25, -0.2) is 0 Å². The number of hydrogen-bond donors (Lipinski definition) is 1. The highest BCUT2D eigenvalue weighted by Gasteiger charge is 2.52. The summed E-state index contributed by atoms with van der Waals surface area (Å²) in [5.74, 6) is 0.846. The van der Waals surface area contributed by atoms with Crippen molar-refractivity contribution >= 4 is 5.91 Å². The van der Waals surface area contributed by atoms with Gasteiger partial charge in [0, 0.05) is 32.6 Å². The van der Waals surface area contributed by atoms with Crippen LogP contribution in [-0.2, 0) is 28.2 Å². The summed E-state index contributed by atoms with van der Waals surface area (Å²) in [4.78, 5) is 17.3. The van der Waals surface area contributed by atoms with Crippen LogP contribution in [0.4, 0.5) is 0 Å². The smallest absolute Gasteiger partial charge is 0.249 e. The van der Waals surface area contributed by atoms with Crippen LogP contribution >= 0.6 is 0 Å². The van der Waals surface area contributed by atoms with Crippen molar-refractivity contribution in [1.29, 1.82) is 0 Å². The number of hydrogen-bond acceptors (Lipinski definition) is 5. The summed E-state index contributed by atoms with van der Waals surface area (Å²) in [5.41, 5.74) is 3.53. The first kappa shape index (κ1) is 20.8. The molecule has 0 aromatic heterocycles. The third-order valence-electron chi connectivity index (χ3n) is 6.19. The number of carbonyl (C=O) groups is 1. The molecule has 30 heavy (non-hydrogen) atoms. The van der Waals surface area contributed by atoms with Crippen LogP contribution < -0.4 is 10.1 Å². The van der Waals surface area contributed by atoms with Crippen LogP contribution in [0.2, 0.25) is 0 Å². The van der Waals surface area contributed by atoms with Crippen LogP contribution in [0, 0.1) is 0 Å². The van der Waals surface area contributed by atoms with Gasteiger partial charge in [0.2, 0.25) is 5.91 Å². The zero-order chi connectivity index (χ0) is 21.1. The second-order valence-corrected chi connectivity index (χ2v) is 8.49. The largest absolute Gasteiger partial charge is 0.497 e. The summed E-state index contributed by atoms with van der Waals surface area (Å²) in [6.07, 6.45) is 0.244. The minimum atomic E-state index is -0.425. The van der Waals surface area contributed by atoms with Gasteiger partial charge in [-0.2, -0.15) is 0 Å². The van der Waals surface area contributed by atoms with Crippen molar-refractivity contribution in [2.45, 2.75) is 31.2 Å². The second-order valence-electron chi connectivity index (χ2n) is 8.49. The van der Waals surface area contributed by atoms with Crippen LogP contribution in [-0.4, -0.2) is 62.7 Å². The van der Waals surface area contributed by atoms with Crippen molar-refractivity contribution in [3.05, 3.63) is 65.2 Å². The lowest BCUT2D eigenvalue weighted by Gasteiger charge is -2.35. The molecule has 1 amide bonds. The van der Waals surface area contributed by atoms with Crippen LogP contribution in [0.25, 0.3) is 0 Å². The molecule has 6 nitrogen and oxygen atoms in total. The number of nitrogens with one attached hydrogen (secondary N) is 1. The molecule has 0 unspecified atom stereocenters. The molecule has 2 atom stereocenters. The maximum atomic E-state index is 12.7. The Bertz CT molecular complexity index is 901. The number of fused-ring (bicyclic) bond motifs is 2. The molecule has 2 heterocycles. The highest BCUT2D eigenvalue weighted by Crippen LogP contribution is 2.47. The molecule has 1 spiro atoms. The third kappa shape index (κ3) is 4.08. The van der Waals surface area contributed by atoms with Crippen molar-refractivity contribution in [2.24, 2.45) is 0 Å². The summed E-state index contributed by atoms with van der Waals surface area (Å²) in [5, 5.41) is 3.03. The maximum Gasteiger partial charge on any atom is 0.249 e. The van der Waals surface area contributed by atoms with E-state index in [2.05, 4.69) is 51.5 Å². The molecule has 2 aromatic rings. The number of ether oxygens (including phenoxy) is 2. The van der Waals surface area contributed by atoms with Gasteiger partial charge < -0.3 is 19.7 Å². The Kier molecular flexibility index (Phi) is 6.09. The molecule has 2 aromatic carbocycles. The van der Waals surface area contributed by atoms with E-state index in [0.717, 1.165) is 25.4 Å². The molecule has 1 fully saturated rings. The van der Waals surface area contributed by atoms with Crippen molar-refractivity contribution < 1.29 is 14.3 Å². The fraction of sp³-hybridized carbons (Fsp3) is 0.458. The molecule has 2 aliphatic rings. The second kappa shape index (κ2) is 8.76. The van der Waals surface area contributed by atoms with E-state index in [-0.39, 0.29) is 11.4 Å². The molecule has 0 aliphatic carbocycles. The molecular weight excluding hydrogens is 378 g/mol. The minimum Gasteiger partial charge on any atom is -0.497 e. The number of likely N-dealkylation sites (N-methyl/N-ethyl adjacent to an activating group) is 1. The van der Waals surface area contributed by atoms with Crippen LogP contribution in [0.3, 0.4) is 0 Å². The first-order valence-electron chi connectivity index (χ1n) is 10.5. The highest BCUT2D eigenvalue weighted by atomic mass is 16.5. The maximum absolute atomic E-state index is 12.7. The first-order valence-corrected chi connectivity index (χ1v) is 10.5. The zero-order valence-corrected chi connectivity index (χ0v) is 18.1. The Hall–Kier alpha value is -2.41. The summed E-state index contributed by atoms with van der Waals surface area (Å²) in [6, 6.07) is 16.7. The predicted octanol–water partition coefficient (Wildman–Crippen LogP) is 2.37. The average Bonchev–Trinajstić information content (AvgIpc) is 3.31. The fourth-order valence-corrected chi connectivity index (χ4v) is 4.59.